The summed E-state index contributed by atoms with van der Waals surface area (Å²) in [6.45, 7) is 0.853. The fourth-order valence-corrected chi connectivity index (χ4v) is 2.32. The summed E-state index contributed by atoms with van der Waals surface area (Å²) in [5.74, 6) is -0.587. The standard InChI is InChI=1S/C14H18ClFN2O3/c15-11-4-3-9(6-12(11)16)13(7-19)18-14(20)17-10-2-1-5-21-8-10/h3-4,6,10,13,19H,1-2,5,7-8H2,(H2,17,18,20). The molecule has 5 nitrogen and oxygen atoms in total. The van der Waals surface area contributed by atoms with Crippen LogP contribution in [-0.4, -0.2) is 37.0 Å². The lowest BCUT2D eigenvalue weighted by atomic mass is 10.1. The first-order chi connectivity index (χ1) is 10.1. The molecule has 2 rings (SSSR count). The average Bonchev–Trinajstić information content (AvgIpc) is 2.49. The van der Waals surface area contributed by atoms with Crippen molar-refractivity contribution in [3.63, 3.8) is 0 Å². The Labute approximate surface area is 127 Å². The zero-order valence-electron chi connectivity index (χ0n) is 11.4. The summed E-state index contributed by atoms with van der Waals surface area (Å²) in [5.41, 5.74) is 0.453. The van der Waals surface area contributed by atoms with E-state index >= 15 is 0 Å². The summed E-state index contributed by atoms with van der Waals surface area (Å²) >= 11 is 5.61. The number of aliphatic hydroxyl groups excluding tert-OH is 1. The molecule has 1 saturated heterocycles. The predicted molar refractivity (Wildman–Crippen MR) is 76.7 cm³/mol. The Morgan fingerprint density at radius 2 is 2.38 bits per heavy atom. The van der Waals surface area contributed by atoms with Crippen LogP contribution >= 0.6 is 11.6 Å². The lowest BCUT2D eigenvalue weighted by Crippen LogP contribution is -2.47. The Hall–Kier alpha value is -1.37. The molecule has 1 heterocycles. The van der Waals surface area contributed by atoms with Gasteiger partial charge in [-0.1, -0.05) is 17.7 Å². The van der Waals surface area contributed by atoms with Crippen molar-refractivity contribution in [3.05, 3.63) is 34.6 Å². The van der Waals surface area contributed by atoms with Crippen LogP contribution in [0.25, 0.3) is 0 Å². The molecule has 0 bridgehead atoms. The van der Waals surface area contributed by atoms with Crippen molar-refractivity contribution in [2.45, 2.75) is 24.9 Å². The molecule has 1 fully saturated rings. The van der Waals surface area contributed by atoms with Crippen LogP contribution in [0.2, 0.25) is 5.02 Å². The first kappa shape index (κ1) is 16.0. The smallest absolute Gasteiger partial charge is 0.315 e. The number of halogens is 2. The van der Waals surface area contributed by atoms with Gasteiger partial charge in [-0.3, -0.25) is 0 Å². The average molecular weight is 317 g/mol. The van der Waals surface area contributed by atoms with Crippen molar-refractivity contribution in [2.24, 2.45) is 0 Å². The zero-order valence-corrected chi connectivity index (χ0v) is 12.2. The number of carbonyl (C=O) groups is 1. The molecule has 0 saturated carbocycles. The number of ether oxygens (including phenoxy) is 1. The lowest BCUT2D eigenvalue weighted by molar-refractivity contribution is 0.0728. The number of hydrogen-bond donors (Lipinski definition) is 3. The van der Waals surface area contributed by atoms with E-state index in [0.29, 0.717) is 18.8 Å². The van der Waals surface area contributed by atoms with Gasteiger partial charge in [-0.2, -0.15) is 0 Å². The van der Waals surface area contributed by atoms with E-state index in [4.69, 9.17) is 16.3 Å². The number of amides is 2. The molecular weight excluding hydrogens is 299 g/mol. The Morgan fingerprint density at radius 3 is 3.00 bits per heavy atom. The third kappa shape index (κ3) is 4.56. The molecular formula is C14H18ClFN2O3. The van der Waals surface area contributed by atoms with Crippen molar-refractivity contribution < 1.29 is 19.0 Å². The van der Waals surface area contributed by atoms with E-state index in [9.17, 15) is 14.3 Å². The molecule has 1 aliphatic rings. The highest BCUT2D eigenvalue weighted by atomic mass is 35.5. The molecule has 1 aromatic rings. The van der Waals surface area contributed by atoms with E-state index in [1.165, 1.54) is 12.1 Å². The fourth-order valence-electron chi connectivity index (χ4n) is 2.20. The molecule has 2 atom stereocenters. The Morgan fingerprint density at radius 1 is 1.57 bits per heavy atom. The van der Waals surface area contributed by atoms with Gasteiger partial charge in [-0.25, -0.2) is 9.18 Å². The summed E-state index contributed by atoms with van der Waals surface area (Å²) in [6, 6.07) is 3.01. The quantitative estimate of drug-likeness (QED) is 0.795. The minimum atomic E-state index is -0.693. The van der Waals surface area contributed by atoms with Gasteiger partial charge in [0, 0.05) is 6.61 Å². The predicted octanol–water partition coefficient (Wildman–Crippen LogP) is 1.99. The summed E-state index contributed by atoms with van der Waals surface area (Å²) in [6.07, 6.45) is 1.75. The van der Waals surface area contributed by atoms with Crippen LogP contribution in [-0.2, 0) is 4.74 Å². The van der Waals surface area contributed by atoms with Crippen molar-refractivity contribution in [3.8, 4) is 0 Å². The number of urea groups is 1. The molecule has 3 N–H and O–H groups in total. The van der Waals surface area contributed by atoms with Crippen LogP contribution in [0.3, 0.4) is 0 Å². The van der Waals surface area contributed by atoms with Gasteiger partial charge in [0.15, 0.2) is 0 Å². The second-order valence-electron chi connectivity index (χ2n) is 4.94. The van der Waals surface area contributed by atoms with E-state index in [-0.39, 0.29) is 17.7 Å². The van der Waals surface area contributed by atoms with Gasteiger partial charge in [0.2, 0.25) is 0 Å². The molecule has 21 heavy (non-hydrogen) atoms. The van der Waals surface area contributed by atoms with Gasteiger partial charge in [-0.15, -0.1) is 0 Å². The number of carbonyl (C=O) groups excluding carboxylic acids is 1. The molecule has 7 heteroatoms. The second-order valence-corrected chi connectivity index (χ2v) is 5.35. The summed E-state index contributed by atoms with van der Waals surface area (Å²) in [5, 5.41) is 14.8. The van der Waals surface area contributed by atoms with Crippen LogP contribution in [0, 0.1) is 5.82 Å². The van der Waals surface area contributed by atoms with Crippen LogP contribution in [0.15, 0.2) is 18.2 Å². The summed E-state index contributed by atoms with van der Waals surface area (Å²) in [4.78, 5) is 11.9. The van der Waals surface area contributed by atoms with E-state index < -0.39 is 17.9 Å². The zero-order chi connectivity index (χ0) is 15.2. The largest absolute Gasteiger partial charge is 0.394 e. The maximum absolute atomic E-state index is 13.4. The maximum atomic E-state index is 13.4. The molecule has 0 spiro atoms. The van der Waals surface area contributed by atoms with Crippen molar-refractivity contribution in [2.75, 3.05) is 19.8 Å². The normalized spacial score (nSPS) is 19.9. The Bertz CT molecular complexity index is 495. The monoisotopic (exact) mass is 316 g/mol. The minimum Gasteiger partial charge on any atom is -0.394 e. The second kappa shape index (κ2) is 7.59. The third-order valence-electron chi connectivity index (χ3n) is 3.33. The minimum absolute atomic E-state index is 0.000698. The van der Waals surface area contributed by atoms with Crippen molar-refractivity contribution in [1.29, 1.82) is 0 Å². The van der Waals surface area contributed by atoms with Crippen LogP contribution < -0.4 is 10.6 Å². The molecule has 2 unspecified atom stereocenters. The maximum Gasteiger partial charge on any atom is 0.315 e. The van der Waals surface area contributed by atoms with Crippen molar-refractivity contribution in [1.82, 2.24) is 10.6 Å². The first-order valence-corrected chi connectivity index (χ1v) is 7.18. The topological polar surface area (TPSA) is 70.6 Å². The van der Waals surface area contributed by atoms with Gasteiger partial charge in [0.25, 0.3) is 0 Å². The molecule has 2 amide bonds. The van der Waals surface area contributed by atoms with Crippen LogP contribution in [0.1, 0.15) is 24.4 Å². The van der Waals surface area contributed by atoms with Crippen molar-refractivity contribution >= 4 is 17.6 Å². The highest BCUT2D eigenvalue weighted by molar-refractivity contribution is 6.30. The fraction of sp³-hybridized carbons (Fsp3) is 0.500. The van der Waals surface area contributed by atoms with Gasteiger partial charge in [0.05, 0.1) is 30.3 Å². The Balaban J connectivity index is 1.94. The number of aliphatic hydroxyl groups is 1. The molecule has 116 valence electrons. The number of nitrogens with one attached hydrogen (secondary N) is 2. The SMILES string of the molecule is O=C(NC1CCCOC1)NC(CO)c1ccc(Cl)c(F)c1. The van der Waals surface area contributed by atoms with Crippen LogP contribution in [0.4, 0.5) is 9.18 Å². The summed E-state index contributed by atoms with van der Waals surface area (Å²) in [7, 11) is 0. The van der Waals surface area contributed by atoms with Gasteiger partial charge < -0.3 is 20.5 Å². The number of hydrogen-bond acceptors (Lipinski definition) is 3. The highest BCUT2D eigenvalue weighted by Crippen LogP contribution is 2.20. The van der Waals surface area contributed by atoms with Gasteiger partial charge >= 0.3 is 6.03 Å². The third-order valence-corrected chi connectivity index (χ3v) is 3.64. The van der Waals surface area contributed by atoms with Gasteiger partial charge in [0.1, 0.15) is 5.82 Å². The Kier molecular flexibility index (Phi) is 5.78. The molecule has 0 radical (unpaired) electrons. The van der Waals surface area contributed by atoms with E-state index in [1.54, 1.807) is 6.07 Å². The van der Waals surface area contributed by atoms with E-state index in [0.717, 1.165) is 12.8 Å². The number of benzene rings is 1. The van der Waals surface area contributed by atoms with Crippen LogP contribution in [0.5, 0.6) is 0 Å². The molecule has 0 aromatic heterocycles. The van der Waals surface area contributed by atoms with Gasteiger partial charge in [-0.05, 0) is 30.5 Å². The lowest BCUT2D eigenvalue weighted by Gasteiger charge is -2.25. The number of rotatable bonds is 4. The van der Waals surface area contributed by atoms with E-state index in [1.807, 2.05) is 0 Å². The highest BCUT2D eigenvalue weighted by Gasteiger charge is 2.19. The summed E-state index contributed by atoms with van der Waals surface area (Å²) < 4.78 is 18.7. The molecule has 0 aliphatic carbocycles. The molecule has 1 aliphatic heterocycles. The van der Waals surface area contributed by atoms with E-state index in [2.05, 4.69) is 10.6 Å². The molecule has 1 aromatic carbocycles. The first-order valence-electron chi connectivity index (χ1n) is 6.80.